The summed E-state index contributed by atoms with van der Waals surface area (Å²) in [5.74, 6) is -0.207. The Kier molecular flexibility index (Phi) is 6.24. The molecule has 5 heteroatoms. The zero-order chi connectivity index (χ0) is 19.3. The van der Waals surface area contributed by atoms with Gasteiger partial charge in [0.25, 0.3) is 5.91 Å². The summed E-state index contributed by atoms with van der Waals surface area (Å²) < 4.78 is 0. The third-order valence-corrected chi connectivity index (χ3v) is 4.10. The lowest BCUT2D eigenvalue weighted by Gasteiger charge is -2.22. The molecule has 0 bridgehead atoms. The maximum Gasteiger partial charge on any atom is 0.274 e. The van der Waals surface area contributed by atoms with Gasteiger partial charge in [0.1, 0.15) is 5.69 Å². The number of hydrogen-bond donors (Lipinski definition) is 2. The Balaban J connectivity index is 2.16. The number of anilines is 3. The second-order valence-electron chi connectivity index (χ2n) is 7.43. The highest BCUT2D eigenvalue weighted by atomic mass is 16.1. The first-order valence-corrected chi connectivity index (χ1v) is 9.14. The quantitative estimate of drug-likeness (QED) is 0.789. The molecule has 0 aliphatic rings. The van der Waals surface area contributed by atoms with Crippen molar-refractivity contribution in [2.24, 2.45) is 0 Å². The first-order chi connectivity index (χ1) is 12.2. The summed E-state index contributed by atoms with van der Waals surface area (Å²) in [4.78, 5) is 19.1. The average Bonchev–Trinajstić information content (AvgIpc) is 2.57. The first-order valence-electron chi connectivity index (χ1n) is 9.14. The van der Waals surface area contributed by atoms with Crippen molar-refractivity contribution < 1.29 is 4.79 Å². The molecule has 0 aliphatic carbocycles. The summed E-state index contributed by atoms with van der Waals surface area (Å²) >= 11 is 0. The highest BCUT2D eigenvalue weighted by Gasteiger charge is 2.14. The van der Waals surface area contributed by atoms with Gasteiger partial charge >= 0.3 is 0 Å². The van der Waals surface area contributed by atoms with Gasteiger partial charge in [0.15, 0.2) is 0 Å². The lowest BCUT2D eigenvalue weighted by Crippen LogP contribution is -2.26. The van der Waals surface area contributed by atoms with Gasteiger partial charge in [-0.15, -0.1) is 0 Å². The largest absolute Gasteiger partial charge is 0.380 e. The van der Waals surface area contributed by atoms with Gasteiger partial charge in [-0.05, 0) is 77.4 Å². The molecule has 0 saturated heterocycles. The summed E-state index contributed by atoms with van der Waals surface area (Å²) in [6.45, 7) is 14.4. The van der Waals surface area contributed by atoms with E-state index in [1.807, 2.05) is 25.1 Å². The summed E-state index contributed by atoms with van der Waals surface area (Å²) in [7, 11) is 0. The molecule has 0 fully saturated rings. The molecule has 1 amide bonds. The van der Waals surface area contributed by atoms with Crippen LogP contribution in [-0.4, -0.2) is 29.5 Å². The Labute approximate surface area is 156 Å². The van der Waals surface area contributed by atoms with Crippen LogP contribution in [0.3, 0.4) is 0 Å². The van der Waals surface area contributed by atoms with Crippen molar-refractivity contribution in [3.8, 4) is 0 Å². The molecule has 1 aromatic carbocycles. The van der Waals surface area contributed by atoms with Crippen molar-refractivity contribution in [1.29, 1.82) is 0 Å². The molecule has 0 radical (unpaired) electrons. The van der Waals surface area contributed by atoms with E-state index in [1.165, 1.54) is 5.69 Å². The predicted octanol–water partition coefficient (Wildman–Crippen LogP) is 4.70. The van der Waals surface area contributed by atoms with Crippen LogP contribution < -0.4 is 15.5 Å². The number of rotatable bonds is 6. The van der Waals surface area contributed by atoms with Gasteiger partial charge in [0.05, 0.1) is 0 Å². The second-order valence-corrected chi connectivity index (χ2v) is 7.43. The van der Waals surface area contributed by atoms with Crippen molar-refractivity contribution in [2.75, 3.05) is 28.6 Å². The number of amides is 1. The molecule has 0 saturated carbocycles. The molecular weight excluding hydrogens is 324 g/mol. The molecule has 26 heavy (non-hydrogen) atoms. The molecule has 2 rings (SSSR count). The fraction of sp³-hybridized carbons (Fsp3) is 0.429. The third-order valence-electron chi connectivity index (χ3n) is 4.10. The SMILES string of the molecule is CCN(CC)c1ccc(NC(=O)c2cc(NC(C)(C)C)ccn2)c(C)c1. The number of nitrogens with zero attached hydrogens (tertiary/aromatic N) is 2. The zero-order valence-electron chi connectivity index (χ0n) is 16.7. The van der Waals surface area contributed by atoms with E-state index in [0.717, 1.165) is 30.0 Å². The number of benzene rings is 1. The zero-order valence-corrected chi connectivity index (χ0v) is 16.7. The standard InChI is InChI=1S/C21H30N4O/c1-7-25(8-2)17-9-10-18(15(3)13-17)23-20(26)19-14-16(11-12-22-19)24-21(4,5)6/h9-14H,7-8H2,1-6H3,(H,22,24)(H,23,26). The lowest BCUT2D eigenvalue weighted by atomic mass is 10.1. The van der Waals surface area contributed by atoms with E-state index in [9.17, 15) is 4.79 Å². The molecular formula is C21H30N4O. The topological polar surface area (TPSA) is 57.3 Å². The van der Waals surface area contributed by atoms with Gasteiger partial charge in [-0.3, -0.25) is 9.78 Å². The van der Waals surface area contributed by atoms with Gasteiger partial charge in [0, 0.05) is 41.9 Å². The fourth-order valence-corrected chi connectivity index (χ4v) is 2.83. The van der Waals surface area contributed by atoms with Crippen molar-refractivity contribution in [3.05, 3.63) is 47.8 Å². The second kappa shape index (κ2) is 8.21. The maximum absolute atomic E-state index is 12.6. The Hall–Kier alpha value is -2.56. The average molecular weight is 354 g/mol. The fourth-order valence-electron chi connectivity index (χ4n) is 2.83. The summed E-state index contributed by atoms with van der Waals surface area (Å²) in [6.07, 6.45) is 1.65. The third kappa shape index (κ3) is 5.22. The predicted molar refractivity (Wildman–Crippen MR) is 110 cm³/mol. The van der Waals surface area contributed by atoms with Crippen molar-refractivity contribution in [2.45, 2.75) is 47.1 Å². The summed E-state index contributed by atoms with van der Waals surface area (Å²) in [6, 6.07) is 9.75. The van der Waals surface area contributed by atoms with Gasteiger partial charge in [-0.1, -0.05) is 0 Å². The summed E-state index contributed by atoms with van der Waals surface area (Å²) in [5.41, 5.74) is 4.21. The van der Waals surface area contributed by atoms with Crippen LogP contribution >= 0.6 is 0 Å². The Morgan fingerprint density at radius 2 is 1.81 bits per heavy atom. The number of pyridine rings is 1. The number of aromatic nitrogens is 1. The van der Waals surface area contributed by atoms with Crippen molar-refractivity contribution >= 4 is 23.0 Å². The molecule has 140 valence electrons. The van der Waals surface area contributed by atoms with E-state index in [2.05, 4.69) is 61.2 Å². The van der Waals surface area contributed by atoms with Gasteiger partial charge in [-0.2, -0.15) is 0 Å². The molecule has 1 heterocycles. The van der Waals surface area contributed by atoms with E-state index < -0.39 is 0 Å². The number of carbonyl (C=O) groups is 1. The van der Waals surface area contributed by atoms with E-state index in [0.29, 0.717) is 5.69 Å². The normalized spacial score (nSPS) is 11.2. The first kappa shape index (κ1) is 19.8. The van der Waals surface area contributed by atoms with Crippen LogP contribution in [0.25, 0.3) is 0 Å². The Bertz CT molecular complexity index is 761. The molecule has 0 spiro atoms. The molecule has 2 N–H and O–H groups in total. The van der Waals surface area contributed by atoms with E-state index in [4.69, 9.17) is 0 Å². The molecule has 1 aromatic heterocycles. The number of nitrogens with one attached hydrogen (secondary N) is 2. The molecule has 2 aromatic rings. The molecule has 0 aliphatic heterocycles. The van der Waals surface area contributed by atoms with Crippen molar-refractivity contribution in [1.82, 2.24) is 4.98 Å². The molecule has 0 unspecified atom stereocenters. The number of carbonyl (C=O) groups excluding carboxylic acids is 1. The van der Waals surface area contributed by atoms with Gasteiger partial charge < -0.3 is 15.5 Å². The van der Waals surface area contributed by atoms with Crippen LogP contribution in [0.5, 0.6) is 0 Å². The van der Waals surface area contributed by atoms with Crippen LogP contribution in [0, 0.1) is 6.92 Å². The van der Waals surface area contributed by atoms with Crippen LogP contribution in [0.1, 0.15) is 50.7 Å². The monoisotopic (exact) mass is 354 g/mol. The van der Waals surface area contributed by atoms with Gasteiger partial charge in [0.2, 0.25) is 0 Å². The van der Waals surface area contributed by atoms with E-state index >= 15 is 0 Å². The molecule has 0 atom stereocenters. The van der Waals surface area contributed by atoms with Crippen LogP contribution in [-0.2, 0) is 0 Å². The molecule has 5 nitrogen and oxygen atoms in total. The van der Waals surface area contributed by atoms with Crippen LogP contribution in [0.4, 0.5) is 17.1 Å². The van der Waals surface area contributed by atoms with Crippen molar-refractivity contribution in [3.63, 3.8) is 0 Å². The minimum Gasteiger partial charge on any atom is -0.380 e. The highest BCUT2D eigenvalue weighted by Crippen LogP contribution is 2.23. The minimum atomic E-state index is -0.207. The Morgan fingerprint density at radius 3 is 2.38 bits per heavy atom. The van der Waals surface area contributed by atoms with E-state index in [-0.39, 0.29) is 11.4 Å². The lowest BCUT2D eigenvalue weighted by molar-refractivity contribution is 0.102. The number of hydrogen-bond acceptors (Lipinski definition) is 4. The summed E-state index contributed by atoms with van der Waals surface area (Å²) in [5, 5.41) is 6.33. The maximum atomic E-state index is 12.6. The smallest absolute Gasteiger partial charge is 0.274 e. The minimum absolute atomic E-state index is 0.0774. The highest BCUT2D eigenvalue weighted by molar-refractivity contribution is 6.03. The number of aryl methyl sites for hydroxylation is 1. The van der Waals surface area contributed by atoms with Gasteiger partial charge in [-0.25, -0.2) is 0 Å². The Morgan fingerprint density at radius 1 is 1.12 bits per heavy atom. The van der Waals surface area contributed by atoms with E-state index in [1.54, 1.807) is 12.3 Å². The van der Waals surface area contributed by atoms with Crippen LogP contribution in [0.15, 0.2) is 36.5 Å². The van der Waals surface area contributed by atoms with Crippen LogP contribution in [0.2, 0.25) is 0 Å².